The monoisotopic (exact) mass is 318 g/mol. The van der Waals surface area contributed by atoms with Crippen LogP contribution in [0.3, 0.4) is 0 Å². The summed E-state index contributed by atoms with van der Waals surface area (Å²) in [5, 5.41) is 12.8. The fourth-order valence-electron chi connectivity index (χ4n) is 3.75. The maximum absolute atomic E-state index is 12.7. The Hall–Kier alpha value is -1.75. The Morgan fingerprint density at radius 1 is 1.26 bits per heavy atom. The second-order valence-corrected chi connectivity index (χ2v) is 6.91. The average Bonchev–Trinajstić information content (AvgIpc) is 2.84. The van der Waals surface area contributed by atoms with Gasteiger partial charge in [0.1, 0.15) is 23.6 Å². The van der Waals surface area contributed by atoms with E-state index in [-0.39, 0.29) is 11.7 Å². The lowest BCUT2D eigenvalue weighted by Crippen LogP contribution is -2.53. The van der Waals surface area contributed by atoms with Crippen molar-refractivity contribution >= 4 is 5.91 Å². The molecule has 1 heterocycles. The molecular formula is C18H26N2O3. The smallest absolute Gasteiger partial charge is 0.247 e. The molecular weight excluding hydrogens is 292 g/mol. The Labute approximate surface area is 137 Å². The maximum atomic E-state index is 12.7. The first kappa shape index (κ1) is 16.1. The van der Waals surface area contributed by atoms with Crippen molar-refractivity contribution in [1.82, 2.24) is 10.2 Å². The van der Waals surface area contributed by atoms with Gasteiger partial charge in [0, 0.05) is 7.05 Å². The third-order valence-corrected chi connectivity index (χ3v) is 5.09. The van der Waals surface area contributed by atoms with Crippen LogP contribution in [0.4, 0.5) is 0 Å². The highest BCUT2D eigenvalue weighted by Crippen LogP contribution is 2.33. The number of hydrogen-bond donors (Lipinski definition) is 2. The number of carbonyl (C=O) groups excluding carboxylic acids is 1. The summed E-state index contributed by atoms with van der Waals surface area (Å²) in [4.78, 5) is 14.5. The molecule has 0 radical (unpaired) electrons. The van der Waals surface area contributed by atoms with Crippen molar-refractivity contribution in [3.63, 3.8) is 0 Å². The van der Waals surface area contributed by atoms with Gasteiger partial charge in [0.2, 0.25) is 5.91 Å². The molecule has 1 saturated carbocycles. The number of carbonyl (C=O) groups is 1. The quantitative estimate of drug-likeness (QED) is 0.876. The number of phenolic OH excluding ortho intramolecular Hbond substituents is 1. The lowest BCUT2D eigenvalue weighted by molar-refractivity contribution is -0.133. The first-order chi connectivity index (χ1) is 11.1. The topological polar surface area (TPSA) is 61.8 Å². The molecule has 1 aromatic rings. The molecule has 5 heteroatoms. The number of nitrogens with zero attached hydrogens (tertiary/aromatic N) is 1. The zero-order valence-corrected chi connectivity index (χ0v) is 13.8. The van der Waals surface area contributed by atoms with Crippen LogP contribution in [0.15, 0.2) is 24.3 Å². The number of aromatic hydroxyl groups is 1. The fourth-order valence-corrected chi connectivity index (χ4v) is 3.75. The van der Waals surface area contributed by atoms with E-state index in [4.69, 9.17) is 4.74 Å². The van der Waals surface area contributed by atoms with Crippen LogP contribution in [-0.4, -0.2) is 41.8 Å². The van der Waals surface area contributed by atoms with Crippen molar-refractivity contribution in [1.29, 1.82) is 0 Å². The Balaban J connectivity index is 1.70. The van der Waals surface area contributed by atoms with E-state index < -0.39 is 5.54 Å². The minimum atomic E-state index is -0.616. The van der Waals surface area contributed by atoms with Crippen LogP contribution < -0.4 is 10.1 Å². The standard InChI is InChI=1S/C18H26N2O3/c1-20-13-19-18(17(20)22,11-14-5-3-2-4-6-14)12-23-16-9-7-15(21)8-10-16/h7-10,14,19,21H,2-6,11-13H2,1H3. The van der Waals surface area contributed by atoms with Crippen LogP contribution in [0.2, 0.25) is 0 Å². The third kappa shape index (κ3) is 3.61. The Kier molecular flexibility index (Phi) is 4.76. The molecule has 1 aliphatic heterocycles. The van der Waals surface area contributed by atoms with Crippen molar-refractivity contribution in [3.05, 3.63) is 24.3 Å². The number of amides is 1. The molecule has 126 valence electrons. The van der Waals surface area contributed by atoms with Gasteiger partial charge in [-0.2, -0.15) is 0 Å². The van der Waals surface area contributed by atoms with Crippen molar-refractivity contribution in [2.24, 2.45) is 5.92 Å². The third-order valence-electron chi connectivity index (χ3n) is 5.09. The van der Waals surface area contributed by atoms with Gasteiger partial charge in [-0.1, -0.05) is 32.1 Å². The lowest BCUT2D eigenvalue weighted by atomic mass is 9.79. The molecule has 1 unspecified atom stereocenters. The summed E-state index contributed by atoms with van der Waals surface area (Å²) in [5.74, 6) is 1.61. The van der Waals surface area contributed by atoms with E-state index >= 15 is 0 Å². The molecule has 23 heavy (non-hydrogen) atoms. The minimum absolute atomic E-state index is 0.127. The fraction of sp³-hybridized carbons (Fsp3) is 0.611. The summed E-state index contributed by atoms with van der Waals surface area (Å²) in [6.45, 7) is 0.905. The van der Waals surface area contributed by atoms with Crippen molar-refractivity contribution in [2.75, 3.05) is 20.3 Å². The SMILES string of the molecule is CN1CNC(COc2ccc(O)cc2)(CC2CCCCC2)C1=O. The number of ether oxygens (including phenoxy) is 1. The minimum Gasteiger partial charge on any atom is -0.508 e. The number of rotatable bonds is 5. The van der Waals surface area contributed by atoms with E-state index in [9.17, 15) is 9.90 Å². The molecule has 0 bridgehead atoms. The summed E-state index contributed by atoms with van der Waals surface area (Å²) >= 11 is 0. The van der Waals surface area contributed by atoms with Crippen molar-refractivity contribution < 1.29 is 14.6 Å². The highest BCUT2D eigenvalue weighted by atomic mass is 16.5. The van der Waals surface area contributed by atoms with Crippen LogP contribution >= 0.6 is 0 Å². The van der Waals surface area contributed by atoms with Gasteiger partial charge in [-0.05, 0) is 36.6 Å². The average molecular weight is 318 g/mol. The summed E-state index contributed by atoms with van der Waals surface area (Å²) in [5.41, 5.74) is -0.616. The second-order valence-electron chi connectivity index (χ2n) is 6.91. The van der Waals surface area contributed by atoms with E-state index in [0.717, 1.165) is 6.42 Å². The van der Waals surface area contributed by atoms with Crippen LogP contribution in [0, 0.1) is 5.92 Å². The van der Waals surface area contributed by atoms with Gasteiger partial charge in [-0.15, -0.1) is 0 Å². The molecule has 1 aromatic carbocycles. The van der Waals surface area contributed by atoms with Gasteiger partial charge in [-0.3, -0.25) is 10.1 Å². The Morgan fingerprint density at radius 2 is 1.96 bits per heavy atom. The summed E-state index contributed by atoms with van der Waals surface area (Å²) in [6, 6.07) is 6.65. The number of likely N-dealkylation sites (N-methyl/N-ethyl adjacent to an activating group) is 1. The molecule has 1 aliphatic carbocycles. The van der Waals surface area contributed by atoms with Crippen molar-refractivity contribution in [3.8, 4) is 11.5 Å². The molecule has 2 fully saturated rings. The van der Waals surface area contributed by atoms with E-state index in [1.807, 2.05) is 7.05 Å². The first-order valence-corrected chi connectivity index (χ1v) is 8.51. The van der Waals surface area contributed by atoms with E-state index in [1.165, 1.54) is 32.1 Å². The van der Waals surface area contributed by atoms with Gasteiger partial charge in [-0.25, -0.2) is 0 Å². The van der Waals surface area contributed by atoms with E-state index in [1.54, 1.807) is 29.2 Å². The molecule has 1 amide bonds. The van der Waals surface area contributed by atoms with Gasteiger partial charge < -0.3 is 14.7 Å². The molecule has 2 aliphatic rings. The number of phenols is 1. The largest absolute Gasteiger partial charge is 0.508 e. The van der Waals surface area contributed by atoms with Gasteiger partial charge in [0.15, 0.2) is 0 Å². The highest BCUT2D eigenvalue weighted by Gasteiger charge is 2.47. The predicted molar refractivity (Wildman–Crippen MR) is 88.3 cm³/mol. The van der Waals surface area contributed by atoms with E-state index in [2.05, 4.69) is 5.32 Å². The van der Waals surface area contributed by atoms with Gasteiger partial charge in [0.05, 0.1) is 6.67 Å². The molecule has 0 aromatic heterocycles. The Bertz CT molecular complexity index is 540. The van der Waals surface area contributed by atoms with Gasteiger partial charge >= 0.3 is 0 Å². The van der Waals surface area contributed by atoms with Crippen LogP contribution in [-0.2, 0) is 4.79 Å². The molecule has 5 nitrogen and oxygen atoms in total. The first-order valence-electron chi connectivity index (χ1n) is 8.51. The highest BCUT2D eigenvalue weighted by molar-refractivity contribution is 5.88. The number of hydrogen-bond acceptors (Lipinski definition) is 4. The van der Waals surface area contributed by atoms with Crippen LogP contribution in [0.1, 0.15) is 38.5 Å². The normalized spacial score (nSPS) is 25.8. The lowest BCUT2D eigenvalue weighted by Gasteiger charge is -2.33. The summed E-state index contributed by atoms with van der Waals surface area (Å²) in [7, 11) is 1.83. The molecule has 2 N–H and O–H groups in total. The number of nitrogens with one attached hydrogen (secondary N) is 1. The molecule has 1 saturated heterocycles. The van der Waals surface area contributed by atoms with Crippen LogP contribution in [0.5, 0.6) is 11.5 Å². The summed E-state index contributed by atoms with van der Waals surface area (Å²) < 4.78 is 5.89. The summed E-state index contributed by atoms with van der Waals surface area (Å²) in [6.07, 6.45) is 7.11. The van der Waals surface area contributed by atoms with Crippen LogP contribution in [0.25, 0.3) is 0 Å². The van der Waals surface area contributed by atoms with Gasteiger partial charge in [0.25, 0.3) is 0 Å². The zero-order chi connectivity index (χ0) is 16.3. The maximum Gasteiger partial charge on any atom is 0.247 e. The molecule has 3 rings (SSSR count). The van der Waals surface area contributed by atoms with Crippen molar-refractivity contribution in [2.45, 2.75) is 44.1 Å². The zero-order valence-electron chi connectivity index (χ0n) is 13.8. The molecule has 1 atom stereocenters. The Morgan fingerprint density at radius 3 is 2.57 bits per heavy atom. The predicted octanol–water partition coefficient (Wildman–Crippen LogP) is 2.50. The van der Waals surface area contributed by atoms with E-state index in [0.29, 0.717) is 24.9 Å². The number of benzene rings is 1. The second kappa shape index (κ2) is 6.79. The molecule has 0 spiro atoms.